The van der Waals surface area contributed by atoms with Gasteiger partial charge in [0.15, 0.2) is 0 Å². The first-order valence-electron chi connectivity index (χ1n) is 4.89. The zero-order chi connectivity index (χ0) is 11.3. The molecule has 0 aromatic heterocycles. The first kappa shape index (κ1) is 12.5. The average molecular weight is 234 g/mol. The SMILES string of the molecule is CCO[PH](O)(OCC)c1ccccc1F. The van der Waals surface area contributed by atoms with Crippen LogP contribution in [-0.4, -0.2) is 18.1 Å². The Morgan fingerprint density at radius 3 is 2.20 bits per heavy atom. The summed E-state index contributed by atoms with van der Waals surface area (Å²) in [7, 11) is -3.55. The monoisotopic (exact) mass is 234 g/mol. The van der Waals surface area contributed by atoms with E-state index in [9.17, 15) is 9.28 Å². The van der Waals surface area contributed by atoms with Gasteiger partial charge in [-0.3, -0.25) is 0 Å². The van der Waals surface area contributed by atoms with Gasteiger partial charge in [0.25, 0.3) is 0 Å². The second kappa shape index (κ2) is 5.52. The summed E-state index contributed by atoms with van der Waals surface area (Å²) in [6.07, 6.45) is 0. The Morgan fingerprint density at radius 2 is 1.73 bits per heavy atom. The van der Waals surface area contributed by atoms with E-state index in [-0.39, 0.29) is 18.5 Å². The molecule has 0 saturated heterocycles. The van der Waals surface area contributed by atoms with E-state index in [1.165, 1.54) is 12.1 Å². The first-order valence-corrected chi connectivity index (χ1v) is 6.65. The zero-order valence-corrected chi connectivity index (χ0v) is 9.87. The standard InChI is InChI=1S/C10H16FO3P/c1-3-13-15(12,14-4-2)10-8-6-5-7-9(10)11/h5-8,12,15H,3-4H2,1-2H3. The molecule has 0 aliphatic rings. The Balaban J connectivity index is 3.03. The van der Waals surface area contributed by atoms with Gasteiger partial charge in [-0.2, -0.15) is 0 Å². The van der Waals surface area contributed by atoms with E-state index in [2.05, 4.69) is 0 Å². The van der Waals surface area contributed by atoms with Crippen molar-refractivity contribution in [3.63, 3.8) is 0 Å². The second-order valence-corrected chi connectivity index (χ2v) is 5.21. The van der Waals surface area contributed by atoms with Crippen LogP contribution in [0.4, 0.5) is 4.39 Å². The van der Waals surface area contributed by atoms with Gasteiger partial charge in [-0.05, 0) is 0 Å². The van der Waals surface area contributed by atoms with Crippen LogP contribution in [0.1, 0.15) is 13.8 Å². The predicted octanol–water partition coefficient (Wildman–Crippen LogP) is 2.01. The van der Waals surface area contributed by atoms with Crippen molar-refractivity contribution >= 4 is 13.2 Å². The summed E-state index contributed by atoms with van der Waals surface area (Å²) in [5.41, 5.74) is 0. The third-order valence-electron chi connectivity index (χ3n) is 1.89. The van der Waals surface area contributed by atoms with Crippen molar-refractivity contribution in [1.82, 2.24) is 0 Å². The summed E-state index contributed by atoms with van der Waals surface area (Å²) >= 11 is 0. The maximum absolute atomic E-state index is 13.4. The summed E-state index contributed by atoms with van der Waals surface area (Å²) in [6, 6.07) is 5.98. The summed E-state index contributed by atoms with van der Waals surface area (Å²) < 4.78 is 23.8. The van der Waals surface area contributed by atoms with Crippen LogP contribution in [0.2, 0.25) is 0 Å². The number of hydrogen-bond acceptors (Lipinski definition) is 3. The van der Waals surface area contributed by atoms with Crippen molar-refractivity contribution in [2.45, 2.75) is 13.8 Å². The molecule has 1 aromatic carbocycles. The van der Waals surface area contributed by atoms with E-state index < -0.39 is 13.8 Å². The fraction of sp³-hybridized carbons (Fsp3) is 0.400. The Labute approximate surface area is 89.4 Å². The molecule has 0 aliphatic heterocycles. The number of hydrogen-bond donors (Lipinski definition) is 1. The second-order valence-electron chi connectivity index (χ2n) is 2.93. The van der Waals surface area contributed by atoms with Crippen LogP contribution in [0.15, 0.2) is 24.3 Å². The normalized spacial score (nSPS) is 12.8. The molecule has 0 unspecified atom stereocenters. The van der Waals surface area contributed by atoms with E-state index in [1.54, 1.807) is 26.0 Å². The van der Waals surface area contributed by atoms with Gasteiger partial charge in [0.05, 0.1) is 0 Å². The van der Waals surface area contributed by atoms with Crippen LogP contribution >= 0.6 is 7.94 Å². The maximum atomic E-state index is 13.4. The van der Waals surface area contributed by atoms with Crippen LogP contribution < -0.4 is 5.30 Å². The fourth-order valence-electron chi connectivity index (χ4n) is 1.31. The van der Waals surface area contributed by atoms with Gasteiger partial charge in [0.1, 0.15) is 0 Å². The minimum atomic E-state index is -3.55. The summed E-state index contributed by atoms with van der Waals surface area (Å²) in [5, 5.41) is 0.133. The molecule has 3 nitrogen and oxygen atoms in total. The quantitative estimate of drug-likeness (QED) is 0.792. The van der Waals surface area contributed by atoms with E-state index in [0.717, 1.165) is 0 Å². The predicted molar refractivity (Wildman–Crippen MR) is 59.8 cm³/mol. The van der Waals surface area contributed by atoms with E-state index in [4.69, 9.17) is 9.05 Å². The third kappa shape index (κ3) is 2.95. The summed E-state index contributed by atoms with van der Waals surface area (Å²) in [5.74, 6) is -0.492. The molecule has 0 fully saturated rings. The molecule has 1 aromatic rings. The Hall–Kier alpha value is -0.540. The summed E-state index contributed by atoms with van der Waals surface area (Å²) in [6.45, 7) is 4.05. The molecule has 0 spiro atoms. The molecule has 1 rings (SSSR count). The average Bonchev–Trinajstić information content (AvgIpc) is 2.19. The molecule has 0 radical (unpaired) electrons. The zero-order valence-electron chi connectivity index (χ0n) is 8.87. The van der Waals surface area contributed by atoms with Crippen LogP contribution in [0.3, 0.4) is 0 Å². The Morgan fingerprint density at radius 1 is 1.20 bits per heavy atom. The van der Waals surface area contributed by atoms with Crippen LogP contribution in [0.5, 0.6) is 0 Å². The van der Waals surface area contributed by atoms with Crippen molar-refractivity contribution in [3.05, 3.63) is 30.1 Å². The van der Waals surface area contributed by atoms with Crippen LogP contribution in [-0.2, 0) is 9.05 Å². The molecule has 0 bridgehead atoms. The van der Waals surface area contributed by atoms with Crippen LogP contribution in [0.25, 0.3) is 0 Å². The molecule has 1 N–H and O–H groups in total. The molecular weight excluding hydrogens is 218 g/mol. The van der Waals surface area contributed by atoms with Gasteiger partial charge in [-0.15, -0.1) is 0 Å². The van der Waals surface area contributed by atoms with Crippen molar-refractivity contribution in [2.24, 2.45) is 0 Å². The Kier molecular flexibility index (Phi) is 4.61. The van der Waals surface area contributed by atoms with Gasteiger partial charge in [0, 0.05) is 0 Å². The van der Waals surface area contributed by atoms with Gasteiger partial charge < -0.3 is 0 Å². The van der Waals surface area contributed by atoms with Gasteiger partial charge >= 0.3 is 88.7 Å². The van der Waals surface area contributed by atoms with E-state index in [1.807, 2.05) is 0 Å². The fourth-order valence-corrected chi connectivity index (χ4v) is 3.17. The minimum absolute atomic E-state index is 0.133. The molecule has 86 valence electrons. The summed E-state index contributed by atoms with van der Waals surface area (Å²) in [4.78, 5) is 10.1. The number of halogens is 1. The van der Waals surface area contributed by atoms with Crippen LogP contribution in [0, 0.1) is 5.82 Å². The third-order valence-corrected chi connectivity index (χ3v) is 4.34. The van der Waals surface area contributed by atoms with E-state index in [0.29, 0.717) is 0 Å². The van der Waals surface area contributed by atoms with Gasteiger partial charge in [-0.25, -0.2) is 0 Å². The van der Waals surface area contributed by atoms with Gasteiger partial charge in [0.2, 0.25) is 0 Å². The van der Waals surface area contributed by atoms with Crippen molar-refractivity contribution < 1.29 is 18.3 Å². The Bertz CT molecular complexity index is 313. The molecule has 15 heavy (non-hydrogen) atoms. The molecule has 0 aliphatic carbocycles. The number of benzene rings is 1. The topological polar surface area (TPSA) is 38.7 Å². The molecular formula is C10H16FO3P. The molecule has 0 heterocycles. The van der Waals surface area contributed by atoms with Crippen molar-refractivity contribution in [2.75, 3.05) is 13.2 Å². The molecule has 0 saturated carbocycles. The van der Waals surface area contributed by atoms with E-state index >= 15 is 0 Å². The van der Waals surface area contributed by atoms with Crippen molar-refractivity contribution in [1.29, 1.82) is 0 Å². The first-order chi connectivity index (χ1) is 7.14. The van der Waals surface area contributed by atoms with Crippen molar-refractivity contribution in [3.8, 4) is 0 Å². The van der Waals surface area contributed by atoms with Gasteiger partial charge in [-0.1, -0.05) is 0 Å². The number of rotatable bonds is 5. The molecule has 5 heteroatoms. The molecule has 0 amide bonds. The molecule has 0 atom stereocenters.